The van der Waals surface area contributed by atoms with Gasteiger partial charge in [0.15, 0.2) is 5.76 Å². The van der Waals surface area contributed by atoms with Crippen LogP contribution in [0.15, 0.2) is 39.7 Å². The summed E-state index contributed by atoms with van der Waals surface area (Å²) in [5.74, 6) is 0.0281. The highest BCUT2D eigenvalue weighted by Gasteiger charge is 2.10. The van der Waals surface area contributed by atoms with E-state index in [1.54, 1.807) is 18.2 Å². The number of rotatable bonds is 3. The number of aryl methyl sites for hydroxylation is 1. The van der Waals surface area contributed by atoms with Crippen LogP contribution in [0.4, 0.5) is 11.6 Å². The standard InChI is InChI=1S/C12H9ClN2O3/c1-8-6-9(13)2-4-11(8)14-7-10-3-5-12(18-10)15(16)17/h2-7H,1H3. The summed E-state index contributed by atoms with van der Waals surface area (Å²) in [6, 6.07) is 8.07. The maximum atomic E-state index is 10.4. The zero-order valence-electron chi connectivity index (χ0n) is 9.46. The monoisotopic (exact) mass is 264 g/mol. The molecule has 0 unspecified atom stereocenters. The predicted octanol–water partition coefficient (Wildman–Crippen LogP) is 3.90. The summed E-state index contributed by atoms with van der Waals surface area (Å²) in [6.45, 7) is 1.88. The molecule has 0 aliphatic heterocycles. The SMILES string of the molecule is Cc1cc(Cl)ccc1N=Cc1ccc([N+](=O)[O-])o1. The summed E-state index contributed by atoms with van der Waals surface area (Å²) in [7, 11) is 0. The molecular formula is C12H9ClN2O3. The molecular weight excluding hydrogens is 256 g/mol. The van der Waals surface area contributed by atoms with Crippen molar-refractivity contribution in [2.24, 2.45) is 4.99 Å². The van der Waals surface area contributed by atoms with Crippen LogP contribution >= 0.6 is 11.6 Å². The molecule has 0 aliphatic rings. The van der Waals surface area contributed by atoms with E-state index >= 15 is 0 Å². The van der Waals surface area contributed by atoms with Crippen LogP contribution < -0.4 is 0 Å². The molecule has 0 bridgehead atoms. The normalized spacial score (nSPS) is 11.0. The molecule has 92 valence electrons. The lowest BCUT2D eigenvalue weighted by atomic mass is 10.2. The Morgan fingerprint density at radius 2 is 2.17 bits per heavy atom. The van der Waals surface area contributed by atoms with Gasteiger partial charge in [0.1, 0.15) is 4.92 Å². The summed E-state index contributed by atoms with van der Waals surface area (Å²) in [4.78, 5) is 14.0. The molecule has 1 aromatic heterocycles. The average molecular weight is 265 g/mol. The molecule has 0 amide bonds. The second-order valence-electron chi connectivity index (χ2n) is 3.62. The third-order valence-corrected chi connectivity index (χ3v) is 2.52. The lowest BCUT2D eigenvalue weighted by Gasteiger charge is -1.99. The van der Waals surface area contributed by atoms with Crippen LogP contribution in [-0.2, 0) is 0 Å². The molecule has 0 saturated heterocycles. The highest BCUT2D eigenvalue weighted by molar-refractivity contribution is 6.30. The molecule has 6 heteroatoms. The van der Waals surface area contributed by atoms with Crippen LogP contribution in [0.25, 0.3) is 0 Å². The molecule has 0 radical (unpaired) electrons. The van der Waals surface area contributed by atoms with Crippen molar-refractivity contribution >= 4 is 29.4 Å². The minimum atomic E-state index is -0.592. The lowest BCUT2D eigenvalue weighted by Crippen LogP contribution is -1.83. The Morgan fingerprint density at radius 3 is 2.78 bits per heavy atom. The first-order valence-electron chi connectivity index (χ1n) is 5.11. The molecule has 1 heterocycles. The molecule has 0 N–H and O–H groups in total. The first-order valence-corrected chi connectivity index (χ1v) is 5.48. The smallest absolute Gasteiger partial charge is 0.400 e. The first-order chi connectivity index (χ1) is 8.56. The van der Waals surface area contributed by atoms with Gasteiger partial charge in [-0.05, 0) is 36.8 Å². The fraction of sp³-hybridized carbons (Fsp3) is 0.0833. The molecule has 5 nitrogen and oxygen atoms in total. The van der Waals surface area contributed by atoms with Gasteiger partial charge in [0.25, 0.3) is 0 Å². The van der Waals surface area contributed by atoms with Gasteiger partial charge in [-0.15, -0.1) is 0 Å². The van der Waals surface area contributed by atoms with Gasteiger partial charge >= 0.3 is 5.88 Å². The Labute approximate surface area is 108 Å². The molecule has 0 saturated carbocycles. The van der Waals surface area contributed by atoms with E-state index in [2.05, 4.69) is 4.99 Å². The van der Waals surface area contributed by atoms with E-state index in [0.717, 1.165) is 11.3 Å². The second-order valence-corrected chi connectivity index (χ2v) is 4.06. The van der Waals surface area contributed by atoms with Crippen molar-refractivity contribution in [3.05, 3.63) is 56.8 Å². The highest BCUT2D eigenvalue weighted by Crippen LogP contribution is 2.22. The van der Waals surface area contributed by atoms with Crippen LogP contribution in [0.3, 0.4) is 0 Å². The van der Waals surface area contributed by atoms with Crippen LogP contribution in [-0.4, -0.2) is 11.1 Å². The maximum absolute atomic E-state index is 10.4. The fourth-order valence-corrected chi connectivity index (χ4v) is 1.63. The number of benzene rings is 1. The summed E-state index contributed by atoms with van der Waals surface area (Å²) < 4.78 is 4.96. The van der Waals surface area contributed by atoms with Crippen LogP contribution in [0.2, 0.25) is 5.02 Å². The van der Waals surface area contributed by atoms with E-state index in [9.17, 15) is 10.1 Å². The average Bonchev–Trinajstić information content (AvgIpc) is 2.76. The maximum Gasteiger partial charge on any atom is 0.433 e. The minimum absolute atomic E-state index is 0.302. The Morgan fingerprint density at radius 1 is 1.39 bits per heavy atom. The third kappa shape index (κ3) is 2.75. The van der Waals surface area contributed by atoms with E-state index in [0.29, 0.717) is 10.8 Å². The van der Waals surface area contributed by atoms with Gasteiger partial charge in [-0.3, -0.25) is 15.1 Å². The van der Waals surface area contributed by atoms with Crippen molar-refractivity contribution < 1.29 is 9.34 Å². The summed E-state index contributed by atoms with van der Waals surface area (Å²) in [6.07, 6.45) is 1.43. The number of furan rings is 1. The zero-order valence-corrected chi connectivity index (χ0v) is 10.2. The van der Waals surface area contributed by atoms with Gasteiger partial charge in [-0.25, -0.2) is 0 Å². The summed E-state index contributed by atoms with van der Waals surface area (Å²) >= 11 is 5.83. The van der Waals surface area contributed by atoms with E-state index in [1.807, 2.05) is 6.92 Å². The van der Waals surface area contributed by atoms with Gasteiger partial charge in [0.05, 0.1) is 18.0 Å². The van der Waals surface area contributed by atoms with Crippen molar-refractivity contribution in [3.8, 4) is 0 Å². The van der Waals surface area contributed by atoms with E-state index in [-0.39, 0.29) is 5.88 Å². The van der Waals surface area contributed by atoms with Gasteiger partial charge < -0.3 is 4.42 Å². The number of hydrogen-bond donors (Lipinski definition) is 0. The summed E-state index contributed by atoms with van der Waals surface area (Å²) in [5.41, 5.74) is 1.65. The minimum Gasteiger partial charge on any atom is -0.400 e. The highest BCUT2D eigenvalue weighted by atomic mass is 35.5. The Bertz CT molecular complexity index is 620. The van der Waals surface area contributed by atoms with Gasteiger partial charge in [-0.1, -0.05) is 11.6 Å². The fourth-order valence-electron chi connectivity index (χ4n) is 1.41. The van der Waals surface area contributed by atoms with Gasteiger partial charge in [0.2, 0.25) is 0 Å². The van der Waals surface area contributed by atoms with Crippen molar-refractivity contribution in [3.63, 3.8) is 0 Å². The number of nitro groups is 1. The topological polar surface area (TPSA) is 68.6 Å². The molecule has 1 aromatic carbocycles. The zero-order chi connectivity index (χ0) is 13.1. The predicted molar refractivity (Wildman–Crippen MR) is 68.8 cm³/mol. The Balaban J connectivity index is 2.21. The number of hydrogen-bond acceptors (Lipinski definition) is 4. The third-order valence-electron chi connectivity index (χ3n) is 2.28. The molecule has 0 spiro atoms. The van der Waals surface area contributed by atoms with E-state index in [1.165, 1.54) is 18.3 Å². The molecule has 2 rings (SSSR count). The van der Waals surface area contributed by atoms with E-state index in [4.69, 9.17) is 16.0 Å². The van der Waals surface area contributed by atoms with Crippen LogP contribution in [0.5, 0.6) is 0 Å². The van der Waals surface area contributed by atoms with Gasteiger partial charge in [-0.2, -0.15) is 0 Å². The Hall–Kier alpha value is -2.14. The molecule has 2 aromatic rings. The number of nitrogens with zero attached hydrogens (tertiary/aromatic N) is 2. The van der Waals surface area contributed by atoms with Crippen LogP contribution in [0, 0.1) is 17.0 Å². The van der Waals surface area contributed by atoms with Gasteiger partial charge in [0, 0.05) is 5.02 Å². The Kier molecular flexibility index (Phi) is 3.43. The molecule has 18 heavy (non-hydrogen) atoms. The summed E-state index contributed by atoms with van der Waals surface area (Å²) in [5, 5.41) is 11.1. The second kappa shape index (κ2) is 5.01. The van der Waals surface area contributed by atoms with Crippen molar-refractivity contribution in [2.75, 3.05) is 0 Å². The largest absolute Gasteiger partial charge is 0.433 e. The number of aliphatic imine (C=N–C) groups is 1. The quantitative estimate of drug-likeness (QED) is 0.479. The first kappa shape index (κ1) is 12.3. The number of halogens is 1. The molecule has 0 atom stereocenters. The van der Waals surface area contributed by atoms with E-state index < -0.39 is 4.92 Å². The van der Waals surface area contributed by atoms with Crippen molar-refractivity contribution in [1.29, 1.82) is 0 Å². The molecule has 0 aliphatic carbocycles. The molecule has 0 fully saturated rings. The van der Waals surface area contributed by atoms with Crippen molar-refractivity contribution in [1.82, 2.24) is 0 Å². The van der Waals surface area contributed by atoms with Crippen molar-refractivity contribution in [2.45, 2.75) is 6.92 Å². The van der Waals surface area contributed by atoms with Crippen LogP contribution in [0.1, 0.15) is 11.3 Å². The lowest BCUT2D eigenvalue weighted by molar-refractivity contribution is -0.402.